The summed E-state index contributed by atoms with van der Waals surface area (Å²) in [5, 5.41) is 0. The second-order valence-corrected chi connectivity index (χ2v) is 5.96. The Morgan fingerprint density at radius 3 is 2.48 bits per heavy atom. The van der Waals surface area contributed by atoms with Crippen molar-refractivity contribution in [3.8, 4) is 0 Å². The van der Waals surface area contributed by atoms with E-state index in [2.05, 4.69) is 0 Å². The first kappa shape index (κ1) is 18.0. The van der Waals surface area contributed by atoms with Gasteiger partial charge in [0.15, 0.2) is 0 Å². The average Bonchev–Trinajstić information content (AvgIpc) is 2.46. The van der Waals surface area contributed by atoms with Crippen LogP contribution in [-0.4, -0.2) is 42.5 Å². The van der Waals surface area contributed by atoms with E-state index < -0.39 is 0 Å². The largest absolute Gasteiger partial charge is 0.466 e. The van der Waals surface area contributed by atoms with Gasteiger partial charge in [-0.25, -0.2) is 0 Å². The first-order chi connectivity index (χ1) is 10.0. The van der Waals surface area contributed by atoms with Crippen molar-refractivity contribution in [2.24, 2.45) is 17.6 Å². The number of amides is 1. The Morgan fingerprint density at radius 1 is 1.24 bits per heavy atom. The molecule has 1 aliphatic heterocycles. The standard InChI is InChI=1S/C16H30N2O3/c1-4-13(5-2)16(20)18-10-12(9-14(17)11-18)7-8-15(19)21-6-3/h12-14H,4-11,17H2,1-3H3. The van der Waals surface area contributed by atoms with E-state index in [1.54, 1.807) is 0 Å². The normalized spacial score (nSPS) is 22.4. The monoisotopic (exact) mass is 298 g/mol. The zero-order valence-corrected chi connectivity index (χ0v) is 13.6. The molecule has 2 unspecified atom stereocenters. The summed E-state index contributed by atoms with van der Waals surface area (Å²) in [5.74, 6) is 0.461. The fraction of sp³-hybridized carbons (Fsp3) is 0.875. The number of rotatable bonds is 7. The summed E-state index contributed by atoms with van der Waals surface area (Å²) in [7, 11) is 0. The van der Waals surface area contributed by atoms with Gasteiger partial charge in [-0.05, 0) is 38.5 Å². The third kappa shape index (κ3) is 5.65. The minimum atomic E-state index is -0.158. The predicted molar refractivity (Wildman–Crippen MR) is 82.6 cm³/mol. The number of carbonyl (C=O) groups excluding carboxylic acids is 2. The minimum Gasteiger partial charge on any atom is -0.466 e. The number of hydrogen-bond donors (Lipinski definition) is 1. The highest BCUT2D eigenvalue weighted by Crippen LogP contribution is 2.23. The van der Waals surface area contributed by atoms with E-state index in [0.717, 1.165) is 32.2 Å². The summed E-state index contributed by atoms with van der Waals surface area (Å²) in [5.41, 5.74) is 6.09. The Bertz CT molecular complexity index is 342. The van der Waals surface area contributed by atoms with Gasteiger partial charge in [0.1, 0.15) is 0 Å². The van der Waals surface area contributed by atoms with Gasteiger partial charge in [-0.2, -0.15) is 0 Å². The smallest absolute Gasteiger partial charge is 0.305 e. The maximum Gasteiger partial charge on any atom is 0.305 e. The third-order valence-corrected chi connectivity index (χ3v) is 4.28. The molecule has 5 heteroatoms. The average molecular weight is 298 g/mol. The quantitative estimate of drug-likeness (QED) is 0.729. The van der Waals surface area contributed by atoms with E-state index in [1.807, 2.05) is 25.7 Å². The summed E-state index contributed by atoms with van der Waals surface area (Å²) < 4.78 is 4.96. The highest BCUT2D eigenvalue weighted by molar-refractivity contribution is 5.79. The highest BCUT2D eigenvalue weighted by atomic mass is 16.5. The van der Waals surface area contributed by atoms with Crippen molar-refractivity contribution in [3.63, 3.8) is 0 Å². The van der Waals surface area contributed by atoms with Gasteiger partial charge < -0.3 is 15.4 Å². The highest BCUT2D eigenvalue weighted by Gasteiger charge is 2.30. The Balaban J connectivity index is 2.53. The van der Waals surface area contributed by atoms with Crippen LogP contribution in [0.2, 0.25) is 0 Å². The summed E-state index contributed by atoms with van der Waals surface area (Å²) in [4.78, 5) is 25.8. The minimum absolute atomic E-state index is 0.0178. The zero-order chi connectivity index (χ0) is 15.8. The SMILES string of the molecule is CCOC(=O)CCC1CC(N)CN(C(=O)C(CC)CC)C1. The Kier molecular flexibility index (Phi) is 7.72. The van der Waals surface area contributed by atoms with Crippen LogP contribution in [0.5, 0.6) is 0 Å². The number of ether oxygens (including phenoxy) is 1. The molecule has 1 amide bonds. The number of hydrogen-bond acceptors (Lipinski definition) is 4. The first-order valence-corrected chi connectivity index (χ1v) is 8.21. The molecule has 0 aliphatic carbocycles. The molecule has 2 atom stereocenters. The van der Waals surface area contributed by atoms with Gasteiger partial charge in [0.25, 0.3) is 0 Å². The number of nitrogens with two attached hydrogens (primary N) is 1. The van der Waals surface area contributed by atoms with Gasteiger partial charge in [-0.1, -0.05) is 13.8 Å². The van der Waals surface area contributed by atoms with Gasteiger partial charge in [0.05, 0.1) is 6.61 Å². The molecule has 2 N–H and O–H groups in total. The molecule has 0 saturated carbocycles. The number of carbonyl (C=O) groups is 2. The van der Waals surface area contributed by atoms with Crippen molar-refractivity contribution in [1.82, 2.24) is 4.90 Å². The van der Waals surface area contributed by atoms with E-state index in [1.165, 1.54) is 0 Å². The van der Waals surface area contributed by atoms with Gasteiger partial charge in [0, 0.05) is 31.5 Å². The van der Waals surface area contributed by atoms with E-state index in [0.29, 0.717) is 25.5 Å². The molecule has 0 aromatic rings. The molecule has 122 valence electrons. The molecule has 21 heavy (non-hydrogen) atoms. The number of nitrogens with zero attached hydrogens (tertiary/aromatic N) is 1. The lowest BCUT2D eigenvalue weighted by Gasteiger charge is -2.38. The Hall–Kier alpha value is -1.10. The predicted octanol–water partition coefficient (Wildman–Crippen LogP) is 1.94. The third-order valence-electron chi connectivity index (χ3n) is 4.28. The second-order valence-electron chi connectivity index (χ2n) is 5.96. The lowest BCUT2D eigenvalue weighted by molar-refractivity contribution is -0.143. The molecule has 0 bridgehead atoms. The van der Waals surface area contributed by atoms with Crippen molar-refractivity contribution < 1.29 is 14.3 Å². The molecule has 0 spiro atoms. The maximum atomic E-state index is 12.5. The van der Waals surface area contributed by atoms with Gasteiger partial charge >= 0.3 is 5.97 Å². The molecule has 1 fully saturated rings. The van der Waals surface area contributed by atoms with E-state index >= 15 is 0 Å². The number of likely N-dealkylation sites (tertiary alicyclic amines) is 1. The van der Waals surface area contributed by atoms with Crippen LogP contribution in [0, 0.1) is 11.8 Å². The number of esters is 1. The molecule has 1 aliphatic rings. The van der Waals surface area contributed by atoms with Crippen LogP contribution in [-0.2, 0) is 14.3 Å². The van der Waals surface area contributed by atoms with Crippen LogP contribution in [0.4, 0.5) is 0 Å². The molecule has 1 rings (SSSR count). The molecule has 1 heterocycles. The lowest BCUT2D eigenvalue weighted by atomic mass is 9.89. The molecule has 5 nitrogen and oxygen atoms in total. The van der Waals surface area contributed by atoms with Crippen LogP contribution >= 0.6 is 0 Å². The fourth-order valence-corrected chi connectivity index (χ4v) is 3.09. The van der Waals surface area contributed by atoms with Crippen LogP contribution < -0.4 is 5.73 Å². The summed E-state index contributed by atoms with van der Waals surface area (Å²) in [6, 6.07) is 0.0178. The summed E-state index contributed by atoms with van der Waals surface area (Å²) in [6.45, 7) is 7.70. The summed E-state index contributed by atoms with van der Waals surface area (Å²) >= 11 is 0. The Morgan fingerprint density at radius 2 is 1.90 bits per heavy atom. The van der Waals surface area contributed by atoms with E-state index in [4.69, 9.17) is 10.5 Å². The second kappa shape index (κ2) is 9.03. The van der Waals surface area contributed by atoms with Crippen molar-refractivity contribution in [2.45, 2.75) is 58.9 Å². The first-order valence-electron chi connectivity index (χ1n) is 8.21. The van der Waals surface area contributed by atoms with Crippen molar-refractivity contribution in [1.29, 1.82) is 0 Å². The van der Waals surface area contributed by atoms with Gasteiger partial charge in [-0.15, -0.1) is 0 Å². The summed E-state index contributed by atoms with van der Waals surface area (Å²) in [6.07, 6.45) is 3.78. The van der Waals surface area contributed by atoms with Crippen LogP contribution in [0.15, 0.2) is 0 Å². The molecule has 0 aromatic carbocycles. The van der Waals surface area contributed by atoms with E-state index in [9.17, 15) is 9.59 Å². The van der Waals surface area contributed by atoms with Gasteiger partial charge in [0.2, 0.25) is 5.91 Å². The Labute approximate surface area is 128 Å². The molecular formula is C16H30N2O3. The van der Waals surface area contributed by atoms with Crippen molar-refractivity contribution in [3.05, 3.63) is 0 Å². The lowest BCUT2D eigenvalue weighted by Crippen LogP contribution is -2.51. The van der Waals surface area contributed by atoms with Crippen LogP contribution in [0.1, 0.15) is 52.9 Å². The zero-order valence-electron chi connectivity index (χ0n) is 13.6. The van der Waals surface area contributed by atoms with Crippen LogP contribution in [0.25, 0.3) is 0 Å². The van der Waals surface area contributed by atoms with E-state index in [-0.39, 0.29) is 23.8 Å². The van der Waals surface area contributed by atoms with Gasteiger partial charge in [-0.3, -0.25) is 9.59 Å². The van der Waals surface area contributed by atoms with Crippen molar-refractivity contribution >= 4 is 11.9 Å². The van der Waals surface area contributed by atoms with Crippen molar-refractivity contribution in [2.75, 3.05) is 19.7 Å². The maximum absolute atomic E-state index is 12.5. The van der Waals surface area contributed by atoms with Crippen LogP contribution in [0.3, 0.4) is 0 Å². The molecule has 0 aromatic heterocycles. The topological polar surface area (TPSA) is 72.6 Å². The molecule has 0 radical (unpaired) electrons. The molecule has 1 saturated heterocycles. The fourth-order valence-electron chi connectivity index (χ4n) is 3.09. The number of piperidine rings is 1. The molecular weight excluding hydrogens is 268 g/mol.